The Kier molecular flexibility index (Phi) is 5.84. The predicted molar refractivity (Wildman–Crippen MR) is 112 cm³/mol. The summed E-state index contributed by atoms with van der Waals surface area (Å²) in [5.74, 6) is 0.906. The first kappa shape index (κ1) is 19.8. The van der Waals surface area contributed by atoms with E-state index in [-0.39, 0.29) is 17.6 Å². The minimum absolute atomic E-state index is 0.0837. The molecule has 1 fully saturated rings. The summed E-state index contributed by atoms with van der Waals surface area (Å²) in [5.41, 5.74) is 1.97. The molecule has 7 heteroatoms. The molecule has 30 heavy (non-hydrogen) atoms. The highest BCUT2D eigenvalue weighted by Gasteiger charge is 2.23. The van der Waals surface area contributed by atoms with E-state index in [9.17, 15) is 9.59 Å². The number of nitrogens with zero attached hydrogens (tertiary/aromatic N) is 3. The van der Waals surface area contributed by atoms with Crippen LogP contribution < -0.4 is 10.3 Å². The summed E-state index contributed by atoms with van der Waals surface area (Å²) in [6.45, 7) is 1.37. The molecule has 7 nitrogen and oxygen atoms in total. The van der Waals surface area contributed by atoms with Crippen LogP contribution in [0.25, 0.3) is 5.52 Å². The molecule has 1 amide bonds. The van der Waals surface area contributed by atoms with E-state index >= 15 is 0 Å². The number of hydrogen-bond acceptors (Lipinski definition) is 4. The number of carbonyl (C=O) groups is 1. The maximum atomic E-state index is 12.5. The molecule has 0 radical (unpaired) electrons. The number of nitrogens with one attached hydrogen (secondary N) is 1. The minimum atomic E-state index is -0.104. The molecule has 2 aromatic heterocycles. The van der Waals surface area contributed by atoms with E-state index in [2.05, 4.69) is 11.1 Å². The lowest BCUT2D eigenvalue weighted by atomic mass is 10.1. The van der Waals surface area contributed by atoms with Gasteiger partial charge in [0.1, 0.15) is 17.4 Å². The predicted octanol–water partition coefficient (Wildman–Crippen LogP) is 2.89. The average Bonchev–Trinajstić information content (AvgIpc) is 3.24. The molecular weight excluding hydrogens is 380 g/mol. The molecule has 0 unspecified atom stereocenters. The largest absolute Gasteiger partial charge is 0.490 e. The Morgan fingerprint density at radius 2 is 1.97 bits per heavy atom. The van der Waals surface area contributed by atoms with E-state index in [4.69, 9.17) is 10.00 Å². The van der Waals surface area contributed by atoms with Crippen molar-refractivity contribution in [2.24, 2.45) is 0 Å². The SMILES string of the molecule is N#Cc1ccc(OC2CCN(C(=O)CCCc3cn4cccc4c(=O)[nH]3)CC2)cc1. The zero-order valence-corrected chi connectivity index (χ0v) is 16.7. The van der Waals surface area contributed by atoms with Crippen LogP contribution in [0, 0.1) is 11.3 Å². The second kappa shape index (κ2) is 8.87. The van der Waals surface area contributed by atoms with Crippen LogP contribution in [0.1, 0.15) is 36.9 Å². The van der Waals surface area contributed by atoms with E-state index in [0.717, 1.165) is 24.3 Å². The second-order valence-electron chi connectivity index (χ2n) is 7.60. The maximum absolute atomic E-state index is 12.5. The van der Waals surface area contributed by atoms with E-state index in [1.54, 1.807) is 18.2 Å². The van der Waals surface area contributed by atoms with Crippen LogP contribution in [0.4, 0.5) is 0 Å². The number of benzene rings is 1. The van der Waals surface area contributed by atoms with Crippen LogP contribution >= 0.6 is 0 Å². The number of aromatic nitrogens is 2. The van der Waals surface area contributed by atoms with E-state index in [1.165, 1.54) is 0 Å². The van der Waals surface area contributed by atoms with Crippen LogP contribution in [0.15, 0.2) is 53.6 Å². The third-order valence-electron chi connectivity index (χ3n) is 5.50. The maximum Gasteiger partial charge on any atom is 0.272 e. The average molecular weight is 404 g/mol. The Hall–Kier alpha value is -3.53. The number of H-pyrrole nitrogens is 1. The van der Waals surface area contributed by atoms with Gasteiger partial charge in [-0.3, -0.25) is 9.59 Å². The van der Waals surface area contributed by atoms with Gasteiger partial charge in [0, 0.05) is 50.4 Å². The Balaban J connectivity index is 1.22. The molecule has 0 saturated carbocycles. The molecule has 1 aliphatic heterocycles. The molecule has 0 spiro atoms. The second-order valence-corrected chi connectivity index (χ2v) is 7.60. The number of fused-ring (bicyclic) bond motifs is 1. The van der Waals surface area contributed by atoms with Crippen LogP contribution in [-0.2, 0) is 11.2 Å². The van der Waals surface area contributed by atoms with Crippen molar-refractivity contribution in [3.05, 3.63) is 70.4 Å². The fraction of sp³-hybridized carbons (Fsp3) is 0.348. The summed E-state index contributed by atoms with van der Waals surface area (Å²) in [6, 6.07) is 12.8. The van der Waals surface area contributed by atoms with Crippen molar-refractivity contribution in [1.82, 2.24) is 14.3 Å². The highest BCUT2D eigenvalue weighted by atomic mass is 16.5. The topological polar surface area (TPSA) is 90.6 Å². The number of aromatic amines is 1. The van der Waals surface area contributed by atoms with Crippen molar-refractivity contribution in [2.45, 2.75) is 38.2 Å². The number of amides is 1. The molecule has 3 heterocycles. The van der Waals surface area contributed by atoms with Gasteiger partial charge < -0.3 is 19.0 Å². The fourth-order valence-corrected chi connectivity index (χ4v) is 3.85. The van der Waals surface area contributed by atoms with Crippen molar-refractivity contribution < 1.29 is 9.53 Å². The lowest BCUT2D eigenvalue weighted by Crippen LogP contribution is -2.41. The molecular formula is C23H24N4O3. The molecule has 0 bridgehead atoms. The third-order valence-corrected chi connectivity index (χ3v) is 5.50. The van der Waals surface area contributed by atoms with Crippen LogP contribution in [0.3, 0.4) is 0 Å². The first-order valence-corrected chi connectivity index (χ1v) is 10.3. The zero-order valence-electron chi connectivity index (χ0n) is 16.7. The summed E-state index contributed by atoms with van der Waals surface area (Å²) in [4.78, 5) is 29.3. The lowest BCUT2D eigenvalue weighted by molar-refractivity contribution is -0.133. The van der Waals surface area contributed by atoms with Gasteiger partial charge in [-0.05, 0) is 49.2 Å². The lowest BCUT2D eigenvalue weighted by Gasteiger charge is -2.32. The monoisotopic (exact) mass is 404 g/mol. The quantitative estimate of drug-likeness (QED) is 0.684. The highest BCUT2D eigenvalue weighted by Crippen LogP contribution is 2.20. The van der Waals surface area contributed by atoms with E-state index < -0.39 is 0 Å². The number of ether oxygens (including phenoxy) is 1. The van der Waals surface area contributed by atoms with Crippen molar-refractivity contribution >= 4 is 11.4 Å². The van der Waals surface area contributed by atoms with Gasteiger partial charge in [0.2, 0.25) is 5.91 Å². The normalized spacial score (nSPS) is 14.6. The Morgan fingerprint density at radius 3 is 2.70 bits per heavy atom. The molecule has 0 atom stereocenters. The van der Waals surface area contributed by atoms with Gasteiger partial charge in [-0.15, -0.1) is 0 Å². The molecule has 4 rings (SSSR count). The van der Waals surface area contributed by atoms with Crippen molar-refractivity contribution in [3.63, 3.8) is 0 Å². The van der Waals surface area contributed by atoms with Crippen molar-refractivity contribution in [3.8, 4) is 11.8 Å². The Bertz CT molecular complexity index is 1120. The molecule has 1 aromatic carbocycles. The Morgan fingerprint density at radius 1 is 1.20 bits per heavy atom. The first-order valence-electron chi connectivity index (χ1n) is 10.3. The highest BCUT2D eigenvalue weighted by molar-refractivity contribution is 5.76. The third kappa shape index (κ3) is 4.54. The van der Waals surface area contributed by atoms with Gasteiger partial charge in [-0.25, -0.2) is 0 Å². The molecule has 1 aliphatic rings. The number of likely N-dealkylation sites (tertiary alicyclic amines) is 1. The van der Waals surface area contributed by atoms with E-state index in [0.29, 0.717) is 43.4 Å². The minimum Gasteiger partial charge on any atom is -0.490 e. The number of aryl methyl sites for hydroxylation is 1. The molecule has 154 valence electrons. The van der Waals surface area contributed by atoms with Crippen LogP contribution in [0.2, 0.25) is 0 Å². The molecule has 3 aromatic rings. The molecule has 1 N–H and O–H groups in total. The summed E-state index contributed by atoms with van der Waals surface area (Å²) >= 11 is 0. The van der Waals surface area contributed by atoms with Crippen molar-refractivity contribution in [1.29, 1.82) is 5.26 Å². The molecule has 0 aliphatic carbocycles. The smallest absolute Gasteiger partial charge is 0.272 e. The number of hydrogen-bond donors (Lipinski definition) is 1. The number of nitriles is 1. The standard InChI is InChI=1S/C23H24N4O3/c24-15-17-6-8-19(9-7-17)30-20-10-13-26(14-11-20)22(28)5-1-3-18-16-27-12-2-4-21(27)23(29)25-18/h2,4,6-9,12,16,20H,1,3,5,10-11,13-14H2,(H,25,29). The van der Waals surface area contributed by atoms with Gasteiger partial charge in [0.25, 0.3) is 5.56 Å². The first-order chi connectivity index (χ1) is 14.6. The van der Waals surface area contributed by atoms with Gasteiger partial charge in [0.15, 0.2) is 0 Å². The Labute approximate surface area is 174 Å². The van der Waals surface area contributed by atoms with Gasteiger partial charge in [0.05, 0.1) is 11.6 Å². The summed E-state index contributed by atoms with van der Waals surface area (Å²) in [5, 5.41) is 8.86. The van der Waals surface area contributed by atoms with Gasteiger partial charge in [-0.1, -0.05) is 0 Å². The fourth-order valence-electron chi connectivity index (χ4n) is 3.85. The van der Waals surface area contributed by atoms with Crippen LogP contribution in [0.5, 0.6) is 5.75 Å². The number of carbonyl (C=O) groups excluding carboxylic acids is 1. The number of rotatable bonds is 6. The summed E-state index contributed by atoms with van der Waals surface area (Å²) in [6.07, 6.45) is 7.26. The number of piperidine rings is 1. The molecule has 1 saturated heterocycles. The van der Waals surface area contributed by atoms with Crippen LogP contribution in [-0.4, -0.2) is 39.4 Å². The summed E-state index contributed by atoms with van der Waals surface area (Å²) < 4.78 is 7.79. The zero-order chi connectivity index (χ0) is 20.9. The van der Waals surface area contributed by atoms with Gasteiger partial charge >= 0.3 is 0 Å². The van der Waals surface area contributed by atoms with E-state index in [1.807, 2.05) is 39.9 Å². The van der Waals surface area contributed by atoms with Gasteiger partial charge in [-0.2, -0.15) is 5.26 Å². The summed E-state index contributed by atoms with van der Waals surface area (Å²) in [7, 11) is 0. The van der Waals surface area contributed by atoms with Crippen molar-refractivity contribution in [2.75, 3.05) is 13.1 Å².